The highest BCUT2D eigenvalue weighted by atomic mass is 31.2. The molecule has 0 bridgehead atoms. The standard InChI is InChI=1S/C38H67O9P/c1-3-5-7-9-11-13-15-17-19-21-23-25-27-29-31-44-34-37(35-46-48(42,43)45-33-36(40)32-39)47-38(41)30-28-26-24-22-20-18-16-14-12-10-8-6-4-2/h5,7-8,10-11,13-14,16-17,19,36-37,39-40H,3-4,6,9,12,15,18,20-35H2,1-2H3,(H,42,43)/b7-5-,10-8-,13-11-,16-14-,19-17-. The monoisotopic (exact) mass is 698 g/mol. The number of allylic oxidation sites excluding steroid dienone is 10. The molecule has 0 aromatic heterocycles. The lowest BCUT2D eigenvalue weighted by atomic mass is 10.1. The Morgan fingerprint density at radius 1 is 0.667 bits per heavy atom. The molecule has 0 spiro atoms. The van der Waals surface area contributed by atoms with E-state index in [1.165, 1.54) is 6.42 Å². The number of unbranched alkanes of at least 4 members (excludes halogenated alkanes) is 10. The van der Waals surface area contributed by atoms with Crippen LogP contribution < -0.4 is 0 Å². The first-order valence-electron chi connectivity index (χ1n) is 18.3. The molecule has 0 heterocycles. The normalized spacial score (nSPS) is 15.0. The number of esters is 1. The molecule has 0 saturated heterocycles. The second-order valence-corrected chi connectivity index (χ2v) is 13.3. The van der Waals surface area contributed by atoms with Crippen LogP contribution in [0.2, 0.25) is 0 Å². The zero-order valence-corrected chi connectivity index (χ0v) is 30.8. The molecule has 0 aliphatic rings. The Labute approximate surface area is 291 Å². The number of phosphoric ester groups is 1. The Morgan fingerprint density at radius 2 is 1.19 bits per heavy atom. The second kappa shape index (κ2) is 35.0. The molecule has 3 unspecified atom stereocenters. The Hall–Kier alpha value is -1.84. The van der Waals surface area contributed by atoms with Crippen LogP contribution in [0.5, 0.6) is 0 Å². The number of hydrogen-bond donors (Lipinski definition) is 3. The highest BCUT2D eigenvalue weighted by molar-refractivity contribution is 7.47. The molecule has 0 amide bonds. The Kier molecular flexibility index (Phi) is 33.7. The molecule has 0 saturated carbocycles. The lowest BCUT2D eigenvalue weighted by Gasteiger charge is -2.20. The van der Waals surface area contributed by atoms with Gasteiger partial charge in [-0.05, 0) is 70.6 Å². The molecule has 48 heavy (non-hydrogen) atoms. The largest absolute Gasteiger partial charge is 0.472 e. The lowest BCUT2D eigenvalue weighted by molar-refractivity contribution is -0.154. The first-order valence-corrected chi connectivity index (χ1v) is 19.8. The third-order valence-electron chi connectivity index (χ3n) is 7.17. The van der Waals surface area contributed by atoms with Gasteiger partial charge in [0.15, 0.2) is 0 Å². The molecule has 0 radical (unpaired) electrons. The molecule has 0 rings (SSSR count). The minimum absolute atomic E-state index is 0.0252. The first kappa shape index (κ1) is 46.2. The van der Waals surface area contributed by atoms with Crippen LogP contribution in [0.4, 0.5) is 0 Å². The van der Waals surface area contributed by atoms with Crippen LogP contribution in [0.25, 0.3) is 0 Å². The van der Waals surface area contributed by atoms with Gasteiger partial charge in [0.05, 0.1) is 26.4 Å². The van der Waals surface area contributed by atoms with Crippen molar-refractivity contribution < 1.29 is 43.0 Å². The van der Waals surface area contributed by atoms with E-state index in [1.54, 1.807) is 0 Å². The van der Waals surface area contributed by atoms with Crippen molar-refractivity contribution in [3.8, 4) is 0 Å². The smallest absolute Gasteiger partial charge is 0.457 e. The molecule has 3 atom stereocenters. The summed E-state index contributed by atoms with van der Waals surface area (Å²) >= 11 is 0. The molecular weight excluding hydrogens is 631 g/mol. The number of rotatable bonds is 34. The number of carbonyl (C=O) groups excluding carboxylic acids is 1. The molecule has 0 aromatic rings. The number of hydrogen-bond acceptors (Lipinski definition) is 8. The van der Waals surface area contributed by atoms with Crippen molar-refractivity contribution in [3.05, 3.63) is 60.8 Å². The SMILES string of the molecule is CC/C=C\C/C=C\C/C=C\CCCCCCOCC(COP(=O)(O)OCC(O)CO)OC(=O)CCCCCCC/C=C\C/C=C\CCC. The summed E-state index contributed by atoms with van der Waals surface area (Å²) in [6.07, 6.45) is 37.5. The summed E-state index contributed by atoms with van der Waals surface area (Å²) in [5, 5.41) is 18.3. The molecule has 0 aliphatic carbocycles. The van der Waals surface area contributed by atoms with Gasteiger partial charge in [-0.1, -0.05) is 113 Å². The quantitative estimate of drug-likeness (QED) is 0.0260. The minimum atomic E-state index is -4.52. The Bertz CT molecular complexity index is 929. The van der Waals surface area contributed by atoms with E-state index in [4.69, 9.17) is 23.6 Å². The number of carbonyl (C=O) groups is 1. The molecule has 3 N–H and O–H groups in total. The van der Waals surface area contributed by atoms with E-state index < -0.39 is 45.8 Å². The molecular formula is C38H67O9P. The topological polar surface area (TPSA) is 132 Å². The van der Waals surface area contributed by atoms with Crippen molar-refractivity contribution in [2.75, 3.05) is 33.0 Å². The highest BCUT2D eigenvalue weighted by Gasteiger charge is 2.26. The maximum atomic E-state index is 12.5. The summed E-state index contributed by atoms with van der Waals surface area (Å²) in [4.78, 5) is 22.4. The molecule has 278 valence electrons. The van der Waals surface area contributed by atoms with Crippen LogP contribution in [0.3, 0.4) is 0 Å². The van der Waals surface area contributed by atoms with Gasteiger partial charge in [-0.3, -0.25) is 13.8 Å². The first-order chi connectivity index (χ1) is 23.3. The van der Waals surface area contributed by atoms with Crippen molar-refractivity contribution in [2.24, 2.45) is 0 Å². The van der Waals surface area contributed by atoms with Gasteiger partial charge in [-0.2, -0.15) is 0 Å². The molecule has 0 aromatic carbocycles. The van der Waals surface area contributed by atoms with Crippen molar-refractivity contribution in [2.45, 2.75) is 142 Å². The fraction of sp³-hybridized carbons (Fsp3) is 0.711. The van der Waals surface area contributed by atoms with E-state index in [2.05, 4.69) is 74.6 Å². The molecule has 0 aliphatic heterocycles. The molecule has 10 heteroatoms. The van der Waals surface area contributed by atoms with Gasteiger partial charge in [0.2, 0.25) is 0 Å². The fourth-order valence-corrected chi connectivity index (χ4v) is 5.19. The average molecular weight is 699 g/mol. The lowest BCUT2D eigenvalue weighted by Crippen LogP contribution is -2.29. The summed E-state index contributed by atoms with van der Waals surface area (Å²) in [5.74, 6) is -0.410. The van der Waals surface area contributed by atoms with Gasteiger partial charge >= 0.3 is 13.8 Å². The van der Waals surface area contributed by atoms with Crippen LogP contribution in [-0.2, 0) is 27.9 Å². The van der Waals surface area contributed by atoms with Crippen molar-refractivity contribution in [1.29, 1.82) is 0 Å². The zero-order valence-electron chi connectivity index (χ0n) is 29.9. The summed E-state index contributed by atoms with van der Waals surface area (Å²) in [7, 11) is -4.52. The highest BCUT2D eigenvalue weighted by Crippen LogP contribution is 2.43. The Balaban J connectivity index is 4.34. The van der Waals surface area contributed by atoms with Crippen LogP contribution in [0, 0.1) is 0 Å². The van der Waals surface area contributed by atoms with Crippen LogP contribution in [-0.4, -0.2) is 66.3 Å². The number of ether oxygens (including phenoxy) is 2. The number of aliphatic hydroxyl groups excluding tert-OH is 2. The maximum Gasteiger partial charge on any atom is 0.472 e. The van der Waals surface area contributed by atoms with Gasteiger partial charge in [0.1, 0.15) is 12.2 Å². The number of aliphatic hydroxyl groups is 2. The van der Waals surface area contributed by atoms with E-state index in [-0.39, 0.29) is 13.0 Å². The van der Waals surface area contributed by atoms with Crippen molar-refractivity contribution in [3.63, 3.8) is 0 Å². The fourth-order valence-electron chi connectivity index (χ4n) is 4.40. The predicted molar refractivity (Wildman–Crippen MR) is 196 cm³/mol. The molecule has 0 fully saturated rings. The van der Waals surface area contributed by atoms with Crippen LogP contribution in [0.1, 0.15) is 129 Å². The second-order valence-electron chi connectivity index (χ2n) is 11.9. The van der Waals surface area contributed by atoms with Crippen LogP contribution in [0.15, 0.2) is 60.8 Å². The van der Waals surface area contributed by atoms with Gasteiger partial charge in [0, 0.05) is 13.0 Å². The third-order valence-corrected chi connectivity index (χ3v) is 8.12. The van der Waals surface area contributed by atoms with Gasteiger partial charge in [-0.25, -0.2) is 4.57 Å². The van der Waals surface area contributed by atoms with Crippen LogP contribution >= 0.6 is 7.82 Å². The molecule has 9 nitrogen and oxygen atoms in total. The summed E-state index contributed by atoms with van der Waals surface area (Å²) in [6, 6.07) is 0. The summed E-state index contributed by atoms with van der Waals surface area (Å²) in [6.45, 7) is 3.23. The van der Waals surface area contributed by atoms with E-state index in [0.29, 0.717) is 13.0 Å². The van der Waals surface area contributed by atoms with Gasteiger partial charge in [-0.15, -0.1) is 0 Å². The maximum absolute atomic E-state index is 12.5. The third kappa shape index (κ3) is 34.0. The predicted octanol–water partition coefficient (Wildman–Crippen LogP) is 9.24. The van der Waals surface area contributed by atoms with E-state index in [9.17, 15) is 19.4 Å². The Morgan fingerprint density at radius 3 is 1.79 bits per heavy atom. The zero-order chi connectivity index (χ0) is 35.4. The van der Waals surface area contributed by atoms with E-state index >= 15 is 0 Å². The van der Waals surface area contributed by atoms with Crippen molar-refractivity contribution >= 4 is 13.8 Å². The summed E-state index contributed by atoms with van der Waals surface area (Å²) < 4.78 is 33.1. The van der Waals surface area contributed by atoms with E-state index in [1.807, 2.05) is 0 Å². The van der Waals surface area contributed by atoms with E-state index in [0.717, 1.165) is 96.3 Å². The summed E-state index contributed by atoms with van der Waals surface area (Å²) in [5.41, 5.74) is 0. The minimum Gasteiger partial charge on any atom is -0.457 e. The van der Waals surface area contributed by atoms with Gasteiger partial charge < -0.3 is 24.6 Å². The average Bonchev–Trinajstić information content (AvgIpc) is 3.07. The number of phosphoric acid groups is 1. The van der Waals surface area contributed by atoms with Gasteiger partial charge in [0.25, 0.3) is 0 Å². The van der Waals surface area contributed by atoms with Crippen molar-refractivity contribution in [1.82, 2.24) is 0 Å².